The number of rotatable bonds is 4. The third kappa shape index (κ3) is 3.95. The molecule has 2 aromatic carbocycles. The smallest absolute Gasteiger partial charge is 0.237 e. The van der Waals surface area contributed by atoms with Gasteiger partial charge in [0.1, 0.15) is 5.01 Å². The fourth-order valence-corrected chi connectivity index (χ4v) is 6.50. The van der Waals surface area contributed by atoms with Gasteiger partial charge in [-0.1, -0.05) is 76.3 Å². The average Bonchev–Trinajstić information content (AvgIpc) is 3.11. The highest BCUT2D eigenvalue weighted by molar-refractivity contribution is 9.10. The SMILES string of the molecule is Cc1nnc(SCC(=O)N2c3ccccc3[C@](C)(c3ccc(Br)cc3)CC2(C)C)s1. The van der Waals surface area contributed by atoms with Crippen molar-refractivity contribution in [3.63, 3.8) is 0 Å². The van der Waals surface area contributed by atoms with Gasteiger partial charge in [-0.3, -0.25) is 4.79 Å². The number of aryl methyl sites for hydroxylation is 1. The fraction of sp³-hybridized carbons (Fsp3) is 0.348. The van der Waals surface area contributed by atoms with Crippen LogP contribution in [0.4, 0.5) is 5.69 Å². The van der Waals surface area contributed by atoms with Crippen LogP contribution in [0.3, 0.4) is 0 Å². The Hall–Kier alpha value is -1.70. The summed E-state index contributed by atoms with van der Waals surface area (Å²) in [7, 11) is 0. The van der Waals surface area contributed by atoms with Crippen molar-refractivity contribution in [1.29, 1.82) is 0 Å². The maximum atomic E-state index is 13.4. The van der Waals surface area contributed by atoms with Crippen molar-refractivity contribution in [3.05, 3.63) is 69.1 Å². The molecule has 0 aliphatic carbocycles. The molecule has 1 aliphatic heterocycles. The third-order valence-corrected chi connectivity index (χ3v) is 8.17. The zero-order valence-electron chi connectivity index (χ0n) is 17.5. The largest absolute Gasteiger partial charge is 0.306 e. The van der Waals surface area contributed by atoms with Gasteiger partial charge >= 0.3 is 0 Å². The topological polar surface area (TPSA) is 46.1 Å². The first-order chi connectivity index (χ1) is 14.2. The molecule has 0 saturated carbocycles. The zero-order valence-corrected chi connectivity index (χ0v) is 20.7. The number of amides is 1. The van der Waals surface area contributed by atoms with Crippen LogP contribution in [0.25, 0.3) is 0 Å². The molecule has 30 heavy (non-hydrogen) atoms. The highest BCUT2D eigenvalue weighted by Gasteiger charge is 2.47. The molecule has 1 amide bonds. The second-order valence-electron chi connectivity index (χ2n) is 8.45. The van der Waals surface area contributed by atoms with Crippen LogP contribution in [0.15, 0.2) is 57.3 Å². The van der Waals surface area contributed by atoms with Gasteiger partial charge in [-0.05, 0) is 56.5 Å². The first-order valence-corrected chi connectivity index (χ1v) is 12.4. The molecule has 1 aromatic heterocycles. The number of fused-ring (bicyclic) bond motifs is 1. The van der Waals surface area contributed by atoms with Crippen molar-refractivity contribution in [3.8, 4) is 0 Å². The lowest BCUT2D eigenvalue weighted by atomic mass is 9.65. The van der Waals surface area contributed by atoms with E-state index in [0.29, 0.717) is 5.75 Å². The van der Waals surface area contributed by atoms with E-state index in [1.54, 1.807) is 0 Å². The Morgan fingerprint density at radius 2 is 1.83 bits per heavy atom. The first-order valence-electron chi connectivity index (χ1n) is 9.82. The standard InChI is InChI=1S/C23H24BrN3OS2/c1-15-25-26-21(30-15)29-13-20(28)27-19-8-6-5-7-18(19)23(4,14-22(27,2)3)16-9-11-17(24)12-10-16/h5-12H,13-14H2,1-4H3/t23-/m0/s1. The van der Waals surface area contributed by atoms with Crippen LogP contribution in [0.1, 0.15) is 43.3 Å². The summed E-state index contributed by atoms with van der Waals surface area (Å²) in [5.41, 5.74) is 2.94. The number of thioether (sulfide) groups is 1. The summed E-state index contributed by atoms with van der Waals surface area (Å²) < 4.78 is 1.91. The van der Waals surface area contributed by atoms with E-state index >= 15 is 0 Å². The van der Waals surface area contributed by atoms with Crippen LogP contribution in [-0.4, -0.2) is 27.4 Å². The molecule has 0 spiro atoms. The first kappa shape index (κ1) is 21.5. The number of hydrogen-bond donors (Lipinski definition) is 0. The number of benzene rings is 2. The van der Waals surface area contributed by atoms with E-state index in [4.69, 9.17) is 0 Å². The van der Waals surface area contributed by atoms with Crippen molar-refractivity contribution in [1.82, 2.24) is 10.2 Å². The van der Waals surface area contributed by atoms with Crippen molar-refractivity contribution in [2.45, 2.75) is 49.4 Å². The molecule has 0 fully saturated rings. The molecule has 4 rings (SSSR count). The Kier molecular flexibility index (Phi) is 5.81. The summed E-state index contributed by atoms with van der Waals surface area (Å²) in [4.78, 5) is 15.4. The number of para-hydroxylation sites is 1. The number of aromatic nitrogens is 2. The minimum atomic E-state index is -0.329. The van der Waals surface area contributed by atoms with Crippen molar-refractivity contribution in [2.75, 3.05) is 10.7 Å². The summed E-state index contributed by atoms with van der Waals surface area (Å²) in [6.07, 6.45) is 0.840. The van der Waals surface area contributed by atoms with Crippen molar-refractivity contribution >= 4 is 50.6 Å². The van der Waals surface area contributed by atoms with Crippen molar-refractivity contribution < 1.29 is 4.79 Å². The molecule has 3 aromatic rings. The van der Waals surface area contributed by atoms with Gasteiger partial charge in [0.25, 0.3) is 0 Å². The molecule has 7 heteroatoms. The van der Waals surface area contributed by atoms with Gasteiger partial charge < -0.3 is 4.90 Å². The van der Waals surface area contributed by atoms with Crippen LogP contribution < -0.4 is 4.90 Å². The molecule has 1 atom stereocenters. The van der Waals surface area contributed by atoms with E-state index < -0.39 is 0 Å². The number of carbonyl (C=O) groups excluding carboxylic acids is 1. The maximum Gasteiger partial charge on any atom is 0.237 e. The molecular weight excluding hydrogens is 478 g/mol. The van der Waals surface area contributed by atoms with E-state index in [9.17, 15) is 4.79 Å². The lowest BCUT2D eigenvalue weighted by Gasteiger charge is -2.51. The fourth-order valence-electron chi connectivity index (χ4n) is 4.57. The number of carbonyl (C=O) groups is 1. The second kappa shape index (κ2) is 8.09. The lowest BCUT2D eigenvalue weighted by molar-refractivity contribution is -0.117. The Bertz CT molecular complexity index is 1080. The molecule has 4 nitrogen and oxygen atoms in total. The number of hydrogen-bond acceptors (Lipinski definition) is 5. The van der Waals surface area contributed by atoms with Gasteiger partial charge in [-0.2, -0.15) is 0 Å². The Balaban J connectivity index is 1.71. The third-order valence-electron chi connectivity index (χ3n) is 5.69. The van der Waals surface area contributed by atoms with E-state index in [1.165, 1.54) is 34.2 Å². The van der Waals surface area contributed by atoms with Crippen LogP contribution >= 0.6 is 39.0 Å². The molecule has 2 heterocycles. The molecule has 0 bridgehead atoms. The normalized spacial score (nSPS) is 20.1. The lowest BCUT2D eigenvalue weighted by Crippen LogP contribution is -2.56. The average molecular weight is 503 g/mol. The molecule has 0 saturated heterocycles. The summed E-state index contributed by atoms with van der Waals surface area (Å²) in [5, 5.41) is 9.11. The summed E-state index contributed by atoms with van der Waals surface area (Å²) in [6.45, 7) is 8.54. The van der Waals surface area contributed by atoms with Crippen LogP contribution in [-0.2, 0) is 10.2 Å². The Morgan fingerprint density at radius 1 is 1.13 bits per heavy atom. The summed E-state index contributed by atoms with van der Waals surface area (Å²) in [6, 6.07) is 16.9. The van der Waals surface area contributed by atoms with E-state index in [2.05, 4.69) is 89.4 Å². The van der Waals surface area contributed by atoms with Gasteiger partial charge in [-0.15, -0.1) is 10.2 Å². The number of halogens is 1. The van der Waals surface area contributed by atoms with Gasteiger partial charge in [0.2, 0.25) is 5.91 Å². The second-order valence-corrected chi connectivity index (χ2v) is 11.8. The van der Waals surface area contributed by atoms with Crippen LogP contribution in [0, 0.1) is 6.92 Å². The molecule has 0 N–H and O–H groups in total. The van der Waals surface area contributed by atoms with Gasteiger partial charge in [0.15, 0.2) is 4.34 Å². The predicted molar refractivity (Wildman–Crippen MR) is 129 cm³/mol. The monoisotopic (exact) mass is 501 g/mol. The summed E-state index contributed by atoms with van der Waals surface area (Å²) >= 11 is 6.53. The van der Waals surface area contributed by atoms with Gasteiger partial charge in [-0.25, -0.2) is 0 Å². The Morgan fingerprint density at radius 3 is 2.50 bits per heavy atom. The highest BCUT2D eigenvalue weighted by atomic mass is 79.9. The quantitative estimate of drug-likeness (QED) is 0.397. The van der Waals surface area contributed by atoms with Gasteiger partial charge in [0, 0.05) is 21.1 Å². The predicted octanol–water partition coefficient (Wildman–Crippen LogP) is 6.22. The van der Waals surface area contributed by atoms with Crippen LogP contribution in [0.5, 0.6) is 0 Å². The highest BCUT2D eigenvalue weighted by Crippen LogP contribution is 2.50. The summed E-state index contributed by atoms with van der Waals surface area (Å²) in [5.74, 6) is 0.449. The molecule has 0 unspecified atom stereocenters. The minimum Gasteiger partial charge on any atom is -0.306 e. The minimum absolute atomic E-state index is 0.100. The Labute approximate surface area is 194 Å². The zero-order chi connectivity index (χ0) is 21.5. The van der Waals surface area contributed by atoms with E-state index in [-0.39, 0.29) is 16.9 Å². The van der Waals surface area contributed by atoms with Crippen molar-refractivity contribution in [2.24, 2.45) is 0 Å². The van der Waals surface area contributed by atoms with Crippen LogP contribution in [0.2, 0.25) is 0 Å². The maximum absolute atomic E-state index is 13.4. The number of anilines is 1. The van der Waals surface area contributed by atoms with Gasteiger partial charge in [0.05, 0.1) is 5.75 Å². The molecule has 0 radical (unpaired) electrons. The van der Waals surface area contributed by atoms with E-state index in [0.717, 1.165) is 25.9 Å². The number of nitrogens with zero attached hydrogens (tertiary/aromatic N) is 3. The molecular formula is C23H24BrN3OS2. The molecule has 1 aliphatic rings. The molecule has 156 valence electrons. The van der Waals surface area contributed by atoms with E-state index in [1.807, 2.05) is 17.9 Å².